The minimum atomic E-state index is -0.265. The maximum atomic E-state index is 13.1. The molecule has 0 aromatic heterocycles. The number of nitrogens with one attached hydrogen (secondary N) is 1. The Kier molecular flexibility index (Phi) is 5.11. The molecular formula is C15H16BrFN2O. The molecule has 1 atom stereocenters. The van der Waals surface area contributed by atoms with Gasteiger partial charge in [0.05, 0.1) is 13.2 Å². The summed E-state index contributed by atoms with van der Waals surface area (Å²) in [6.07, 6.45) is 0.643. The molecule has 1 unspecified atom stereocenters. The van der Waals surface area contributed by atoms with Crippen LogP contribution in [-0.4, -0.2) is 7.11 Å². The van der Waals surface area contributed by atoms with Crippen molar-refractivity contribution < 1.29 is 9.13 Å². The fourth-order valence-electron chi connectivity index (χ4n) is 2.04. The Morgan fingerprint density at radius 2 is 2.10 bits per heavy atom. The molecule has 0 spiro atoms. The zero-order valence-corrected chi connectivity index (χ0v) is 12.7. The first-order valence-corrected chi connectivity index (χ1v) is 6.97. The Morgan fingerprint density at radius 3 is 2.75 bits per heavy atom. The summed E-state index contributed by atoms with van der Waals surface area (Å²) in [4.78, 5) is 0. The molecule has 3 N–H and O–H groups in total. The van der Waals surface area contributed by atoms with E-state index in [1.807, 2.05) is 24.3 Å². The van der Waals surface area contributed by atoms with Crippen molar-refractivity contribution in [2.24, 2.45) is 5.84 Å². The summed E-state index contributed by atoms with van der Waals surface area (Å²) in [5.41, 5.74) is 4.79. The quantitative estimate of drug-likeness (QED) is 0.649. The molecule has 5 heteroatoms. The van der Waals surface area contributed by atoms with Gasteiger partial charge in [-0.25, -0.2) is 4.39 Å². The van der Waals surface area contributed by atoms with Crippen LogP contribution in [0, 0.1) is 5.82 Å². The Labute approximate surface area is 126 Å². The Balaban J connectivity index is 2.23. The van der Waals surface area contributed by atoms with Gasteiger partial charge >= 0.3 is 0 Å². The second-order valence-electron chi connectivity index (χ2n) is 4.44. The molecule has 2 aromatic rings. The highest BCUT2D eigenvalue weighted by atomic mass is 79.9. The molecule has 2 rings (SSSR count). The molecule has 0 heterocycles. The molecule has 106 valence electrons. The molecule has 0 aliphatic carbocycles. The number of hydrogen-bond donors (Lipinski definition) is 2. The molecular weight excluding hydrogens is 323 g/mol. The van der Waals surface area contributed by atoms with Gasteiger partial charge in [0, 0.05) is 4.47 Å². The van der Waals surface area contributed by atoms with Crippen LogP contribution < -0.4 is 16.0 Å². The van der Waals surface area contributed by atoms with Crippen molar-refractivity contribution >= 4 is 15.9 Å². The Hall–Kier alpha value is -1.43. The minimum Gasteiger partial charge on any atom is -0.497 e. The monoisotopic (exact) mass is 338 g/mol. The number of benzene rings is 2. The second kappa shape index (κ2) is 6.83. The van der Waals surface area contributed by atoms with E-state index in [0.29, 0.717) is 6.42 Å². The number of rotatable bonds is 5. The summed E-state index contributed by atoms with van der Waals surface area (Å²) in [6, 6.07) is 12.3. The lowest BCUT2D eigenvalue weighted by Gasteiger charge is -2.18. The lowest BCUT2D eigenvalue weighted by molar-refractivity contribution is 0.413. The zero-order valence-electron chi connectivity index (χ0n) is 11.1. The van der Waals surface area contributed by atoms with E-state index in [1.54, 1.807) is 13.2 Å². The number of hydrogen-bond acceptors (Lipinski definition) is 3. The van der Waals surface area contributed by atoms with Crippen LogP contribution in [0.3, 0.4) is 0 Å². The third-order valence-corrected chi connectivity index (χ3v) is 3.87. The summed E-state index contributed by atoms with van der Waals surface area (Å²) >= 11 is 3.37. The molecule has 2 aromatic carbocycles. The minimum absolute atomic E-state index is 0.0770. The number of nitrogens with two attached hydrogens (primary N) is 1. The summed E-state index contributed by atoms with van der Waals surface area (Å²) in [7, 11) is 1.63. The molecule has 0 fully saturated rings. The average Bonchev–Trinajstić information content (AvgIpc) is 2.46. The van der Waals surface area contributed by atoms with E-state index < -0.39 is 0 Å². The molecule has 0 saturated carbocycles. The molecule has 0 aliphatic heterocycles. The van der Waals surface area contributed by atoms with Crippen LogP contribution in [0.25, 0.3) is 0 Å². The molecule has 0 aliphatic rings. The Bertz CT molecular complexity index is 592. The maximum Gasteiger partial charge on any atom is 0.124 e. The summed E-state index contributed by atoms with van der Waals surface area (Å²) in [5, 5.41) is 0. The van der Waals surface area contributed by atoms with Crippen LogP contribution in [0.15, 0.2) is 46.9 Å². The normalized spacial score (nSPS) is 12.2. The highest BCUT2D eigenvalue weighted by Crippen LogP contribution is 2.26. The molecule has 0 radical (unpaired) electrons. The molecule has 0 amide bonds. The first-order valence-electron chi connectivity index (χ1n) is 6.18. The van der Waals surface area contributed by atoms with E-state index in [0.717, 1.165) is 21.3 Å². The van der Waals surface area contributed by atoms with Gasteiger partial charge in [-0.05, 0) is 41.8 Å². The largest absolute Gasteiger partial charge is 0.497 e. The van der Waals surface area contributed by atoms with Crippen molar-refractivity contribution in [3.05, 3.63) is 63.9 Å². The summed E-state index contributed by atoms with van der Waals surface area (Å²) in [5.74, 6) is 6.16. The summed E-state index contributed by atoms with van der Waals surface area (Å²) < 4.78 is 19.1. The van der Waals surface area contributed by atoms with Crippen LogP contribution in [0.2, 0.25) is 0 Å². The first-order chi connectivity index (χ1) is 9.63. The number of ether oxygens (including phenoxy) is 1. The van der Waals surface area contributed by atoms with Gasteiger partial charge in [-0.3, -0.25) is 11.3 Å². The molecule has 0 saturated heterocycles. The van der Waals surface area contributed by atoms with E-state index >= 15 is 0 Å². The third kappa shape index (κ3) is 3.56. The van der Waals surface area contributed by atoms with Gasteiger partial charge in [0.15, 0.2) is 0 Å². The number of hydrazine groups is 1. The van der Waals surface area contributed by atoms with E-state index in [9.17, 15) is 4.39 Å². The topological polar surface area (TPSA) is 47.3 Å². The average molecular weight is 339 g/mol. The van der Waals surface area contributed by atoms with Gasteiger partial charge in [-0.2, -0.15) is 0 Å². The smallest absolute Gasteiger partial charge is 0.124 e. The second-order valence-corrected chi connectivity index (χ2v) is 5.29. The highest BCUT2D eigenvalue weighted by Gasteiger charge is 2.13. The van der Waals surface area contributed by atoms with Gasteiger partial charge < -0.3 is 4.74 Å². The predicted molar refractivity (Wildman–Crippen MR) is 80.9 cm³/mol. The van der Waals surface area contributed by atoms with Gasteiger partial charge in [-0.15, -0.1) is 0 Å². The lowest BCUT2D eigenvalue weighted by atomic mass is 9.99. The van der Waals surface area contributed by atoms with Gasteiger partial charge in [0.2, 0.25) is 0 Å². The predicted octanol–water partition coefficient (Wildman–Crippen LogP) is 3.34. The number of halogens is 2. The maximum absolute atomic E-state index is 13.1. The standard InChI is InChI=1S/C15H16BrFN2O/c1-20-13-4-2-3-11(7-13)15(19-18)8-10-5-6-12(17)9-14(10)16/h2-7,9,15,19H,8,18H2,1H3. The Morgan fingerprint density at radius 1 is 1.30 bits per heavy atom. The van der Waals surface area contributed by atoms with Crippen LogP contribution in [0.4, 0.5) is 4.39 Å². The van der Waals surface area contributed by atoms with Gasteiger partial charge in [0.1, 0.15) is 11.6 Å². The SMILES string of the molecule is COc1cccc(C(Cc2ccc(F)cc2Br)NN)c1. The van der Waals surface area contributed by atoms with Crippen LogP contribution in [0.1, 0.15) is 17.2 Å². The van der Waals surface area contributed by atoms with Gasteiger partial charge in [0.25, 0.3) is 0 Å². The lowest BCUT2D eigenvalue weighted by Crippen LogP contribution is -2.29. The van der Waals surface area contributed by atoms with E-state index in [1.165, 1.54) is 12.1 Å². The van der Waals surface area contributed by atoms with Crippen molar-refractivity contribution in [3.63, 3.8) is 0 Å². The van der Waals surface area contributed by atoms with Gasteiger partial charge in [-0.1, -0.05) is 34.1 Å². The third-order valence-electron chi connectivity index (χ3n) is 3.14. The van der Waals surface area contributed by atoms with Crippen LogP contribution in [-0.2, 0) is 6.42 Å². The first kappa shape index (κ1) is 15.0. The van der Waals surface area contributed by atoms with Crippen molar-refractivity contribution in [2.75, 3.05) is 7.11 Å². The van der Waals surface area contributed by atoms with Crippen molar-refractivity contribution in [1.82, 2.24) is 5.43 Å². The van der Waals surface area contributed by atoms with Crippen LogP contribution in [0.5, 0.6) is 5.75 Å². The summed E-state index contributed by atoms with van der Waals surface area (Å²) in [6.45, 7) is 0. The van der Waals surface area contributed by atoms with E-state index in [2.05, 4.69) is 21.4 Å². The number of methoxy groups -OCH3 is 1. The molecule has 20 heavy (non-hydrogen) atoms. The zero-order chi connectivity index (χ0) is 14.5. The van der Waals surface area contributed by atoms with E-state index in [4.69, 9.17) is 10.6 Å². The van der Waals surface area contributed by atoms with Crippen molar-refractivity contribution in [2.45, 2.75) is 12.5 Å². The fourth-order valence-corrected chi connectivity index (χ4v) is 2.55. The van der Waals surface area contributed by atoms with E-state index in [-0.39, 0.29) is 11.9 Å². The fraction of sp³-hybridized carbons (Fsp3) is 0.200. The molecule has 3 nitrogen and oxygen atoms in total. The highest BCUT2D eigenvalue weighted by molar-refractivity contribution is 9.10. The van der Waals surface area contributed by atoms with Crippen molar-refractivity contribution in [3.8, 4) is 5.75 Å². The van der Waals surface area contributed by atoms with Crippen molar-refractivity contribution in [1.29, 1.82) is 0 Å². The molecule has 0 bridgehead atoms. The van der Waals surface area contributed by atoms with Crippen LogP contribution >= 0.6 is 15.9 Å².